The molecule has 2 amide bonds. The third kappa shape index (κ3) is 5.09. The zero-order chi connectivity index (χ0) is 16.7. The molecule has 0 radical (unpaired) electrons. The number of hydrogen-bond acceptors (Lipinski definition) is 4. The summed E-state index contributed by atoms with van der Waals surface area (Å²) >= 11 is 0. The van der Waals surface area contributed by atoms with Gasteiger partial charge in [-0.05, 0) is 31.4 Å². The Morgan fingerprint density at radius 1 is 1.00 bits per heavy atom. The summed E-state index contributed by atoms with van der Waals surface area (Å²) in [5.74, 6) is -1.80. The lowest BCUT2D eigenvalue weighted by molar-refractivity contribution is -0.305. The van der Waals surface area contributed by atoms with Gasteiger partial charge in [-0.3, -0.25) is 9.59 Å². The molecule has 0 aliphatic carbocycles. The number of likely N-dealkylation sites (tertiary alicyclic amines) is 1. The van der Waals surface area contributed by atoms with Gasteiger partial charge < -0.3 is 20.1 Å². The fourth-order valence-corrected chi connectivity index (χ4v) is 2.65. The molecule has 1 aliphatic rings. The first-order valence-electron chi connectivity index (χ1n) is 7.96. The molecule has 1 saturated heterocycles. The summed E-state index contributed by atoms with van der Waals surface area (Å²) in [4.78, 5) is 36.7. The quantitative estimate of drug-likeness (QED) is 0.883. The van der Waals surface area contributed by atoms with Gasteiger partial charge in [0.2, 0.25) is 5.91 Å². The number of carboxylic acid groups (broad SMARTS) is 1. The number of carbonyl (C=O) groups is 3. The molecular weight excluding hydrogens is 296 g/mol. The molecule has 0 spiro atoms. The molecule has 1 aromatic carbocycles. The van der Waals surface area contributed by atoms with Crippen LogP contribution in [-0.4, -0.2) is 35.8 Å². The number of aliphatic carboxylic acids is 1. The molecule has 1 N–H and O–H groups in total. The van der Waals surface area contributed by atoms with Crippen LogP contribution in [0.15, 0.2) is 24.3 Å². The lowest BCUT2D eigenvalue weighted by atomic mass is 10.1. The van der Waals surface area contributed by atoms with E-state index in [0.29, 0.717) is 11.3 Å². The third-order valence-electron chi connectivity index (χ3n) is 3.88. The summed E-state index contributed by atoms with van der Waals surface area (Å²) in [7, 11) is 0. The molecule has 23 heavy (non-hydrogen) atoms. The molecular formula is C17H21N2O4-. The zero-order valence-corrected chi connectivity index (χ0v) is 13.0. The van der Waals surface area contributed by atoms with Gasteiger partial charge in [-0.1, -0.05) is 25.0 Å². The Kier molecular flexibility index (Phi) is 6.14. The van der Waals surface area contributed by atoms with Crippen molar-refractivity contribution in [3.05, 3.63) is 29.8 Å². The lowest BCUT2D eigenvalue weighted by Gasteiger charge is -2.22. The summed E-state index contributed by atoms with van der Waals surface area (Å²) in [6.07, 6.45) is 3.73. The van der Waals surface area contributed by atoms with Crippen molar-refractivity contribution in [3.63, 3.8) is 0 Å². The van der Waals surface area contributed by atoms with Crippen LogP contribution < -0.4 is 10.4 Å². The van der Waals surface area contributed by atoms with Gasteiger partial charge in [0.15, 0.2) is 0 Å². The average Bonchev–Trinajstić information content (AvgIpc) is 2.82. The van der Waals surface area contributed by atoms with Crippen molar-refractivity contribution in [1.82, 2.24) is 4.90 Å². The summed E-state index contributed by atoms with van der Waals surface area (Å²) in [6.45, 7) is 1.46. The third-order valence-corrected chi connectivity index (χ3v) is 3.88. The van der Waals surface area contributed by atoms with E-state index in [0.717, 1.165) is 38.8 Å². The van der Waals surface area contributed by atoms with Gasteiger partial charge in [0.25, 0.3) is 5.91 Å². The lowest BCUT2D eigenvalue weighted by Crippen LogP contribution is -2.32. The van der Waals surface area contributed by atoms with Crippen LogP contribution in [0.4, 0.5) is 5.69 Å². The number of hydrogen-bond donors (Lipinski definition) is 1. The molecule has 1 aliphatic heterocycles. The van der Waals surface area contributed by atoms with Gasteiger partial charge in [0, 0.05) is 25.5 Å². The number of para-hydroxylation sites is 1. The van der Waals surface area contributed by atoms with E-state index in [-0.39, 0.29) is 18.7 Å². The van der Waals surface area contributed by atoms with Gasteiger partial charge in [0.05, 0.1) is 11.3 Å². The van der Waals surface area contributed by atoms with Gasteiger partial charge >= 0.3 is 0 Å². The molecule has 0 aromatic heterocycles. The smallest absolute Gasteiger partial charge is 0.255 e. The molecule has 6 heteroatoms. The number of anilines is 1. The van der Waals surface area contributed by atoms with Crippen molar-refractivity contribution in [3.8, 4) is 0 Å². The first kappa shape index (κ1) is 17.0. The van der Waals surface area contributed by atoms with E-state index in [2.05, 4.69) is 5.32 Å². The maximum Gasteiger partial charge on any atom is 0.255 e. The van der Waals surface area contributed by atoms with E-state index in [4.69, 9.17) is 0 Å². The Labute approximate surface area is 135 Å². The molecule has 124 valence electrons. The number of rotatable bonds is 5. The maximum atomic E-state index is 12.7. The van der Waals surface area contributed by atoms with E-state index in [1.807, 2.05) is 4.90 Å². The van der Waals surface area contributed by atoms with Crippen LogP contribution in [0.5, 0.6) is 0 Å². The molecule has 2 rings (SSSR count). The highest BCUT2D eigenvalue weighted by Gasteiger charge is 2.20. The first-order valence-corrected chi connectivity index (χ1v) is 7.96. The molecule has 0 atom stereocenters. The average molecular weight is 317 g/mol. The van der Waals surface area contributed by atoms with Crippen LogP contribution in [0.3, 0.4) is 0 Å². The zero-order valence-electron chi connectivity index (χ0n) is 13.0. The Morgan fingerprint density at radius 2 is 1.65 bits per heavy atom. The summed E-state index contributed by atoms with van der Waals surface area (Å²) < 4.78 is 0. The van der Waals surface area contributed by atoms with Gasteiger partial charge in [-0.15, -0.1) is 0 Å². The molecule has 0 saturated carbocycles. The Bertz CT molecular complexity index is 578. The van der Waals surface area contributed by atoms with Gasteiger partial charge in [0.1, 0.15) is 0 Å². The van der Waals surface area contributed by atoms with Crippen molar-refractivity contribution in [2.24, 2.45) is 0 Å². The van der Waals surface area contributed by atoms with Crippen LogP contribution >= 0.6 is 0 Å². The maximum absolute atomic E-state index is 12.7. The predicted molar refractivity (Wildman–Crippen MR) is 83.7 cm³/mol. The highest BCUT2D eigenvalue weighted by Crippen LogP contribution is 2.20. The largest absolute Gasteiger partial charge is 0.550 e. The fourth-order valence-electron chi connectivity index (χ4n) is 2.65. The Morgan fingerprint density at radius 3 is 2.30 bits per heavy atom. The number of nitrogens with zero attached hydrogens (tertiary/aromatic N) is 1. The Hall–Kier alpha value is -2.37. The molecule has 6 nitrogen and oxygen atoms in total. The second-order valence-corrected chi connectivity index (χ2v) is 5.67. The van der Waals surface area contributed by atoms with Crippen molar-refractivity contribution >= 4 is 23.5 Å². The molecule has 1 fully saturated rings. The standard InChI is InChI=1S/C17H22N2O4/c20-15(9-10-16(21)22)18-14-8-4-3-7-13(14)17(23)19-11-5-1-2-6-12-19/h3-4,7-8H,1-2,5-6,9-12H2,(H,18,20)(H,21,22)/p-1. The summed E-state index contributed by atoms with van der Waals surface area (Å²) in [5.41, 5.74) is 0.862. The minimum atomic E-state index is -1.27. The number of benzene rings is 1. The van der Waals surface area contributed by atoms with Gasteiger partial charge in [-0.25, -0.2) is 0 Å². The van der Waals surface area contributed by atoms with Crippen molar-refractivity contribution in [2.75, 3.05) is 18.4 Å². The SMILES string of the molecule is O=C([O-])CCC(=O)Nc1ccccc1C(=O)N1CCCCCC1. The number of carbonyl (C=O) groups excluding carboxylic acids is 3. The van der Waals surface area contributed by atoms with Crippen LogP contribution in [0.1, 0.15) is 48.9 Å². The van der Waals surface area contributed by atoms with Crippen LogP contribution in [-0.2, 0) is 9.59 Å². The van der Waals surface area contributed by atoms with Crippen molar-refractivity contribution in [1.29, 1.82) is 0 Å². The topological polar surface area (TPSA) is 89.5 Å². The van der Waals surface area contributed by atoms with Crippen molar-refractivity contribution in [2.45, 2.75) is 38.5 Å². The van der Waals surface area contributed by atoms with E-state index < -0.39 is 11.9 Å². The summed E-state index contributed by atoms with van der Waals surface area (Å²) in [5, 5.41) is 13.0. The van der Waals surface area contributed by atoms with E-state index in [9.17, 15) is 19.5 Å². The highest BCUT2D eigenvalue weighted by molar-refractivity contribution is 6.04. The number of carboxylic acids is 1. The minimum Gasteiger partial charge on any atom is -0.550 e. The summed E-state index contributed by atoms with van der Waals surface area (Å²) in [6, 6.07) is 6.82. The Balaban J connectivity index is 2.08. The molecule has 1 aromatic rings. The molecule has 1 heterocycles. The first-order chi connectivity index (χ1) is 11.1. The van der Waals surface area contributed by atoms with Gasteiger partial charge in [-0.2, -0.15) is 0 Å². The monoisotopic (exact) mass is 317 g/mol. The second-order valence-electron chi connectivity index (χ2n) is 5.67. The van der Waals surface area contributed by atoms with Crippen LogP contribution in [0.2, 0.25) is 0 Å². The van der Waals surface area contributed by atoms with E-state index in [1.165, 1.54) is 0 Å². The van der Waals surface area contributed by atoms with Crippen molar-refractivity contribution < 1.29 is 19.5 Å². The number of nitrogens with one attached hydrogen (secondary N) is 1. The van der Waals surface area contributed by atoms with Crippen LogP contribution in [0.25, 0.3) is 0 Å². The van der Waals surface area contributed by atoms with E-state index >= 15 is 0 Å². The second kappa shape index (κ2) is 8.31. The normalized spacial score (nSPS) is 14.9. The highest BCUT2D eigenvalue weighted by atomic mass is 16.4. The molecule has 0 bridgehead atoms. The molecule has 0 unspecified atom stereocenters. The van der Waals surface area contributed by atoms with Crippen LogP contribution in [0, 0.1) is 0 Å². The van der Waals surface area contributed by atoms with E-state index in [1.54, 1.807) is 24.3 Å². The predicted octanol–water partition coefficient (Wildman–Crippen LogP) is 1.17. The number of amides is 2. The fraction of sp³-hybridized carbons (Fsp3) is 0.471. The minimum absolute atomic E-state index is 0.0947.